The van der Waals surface area contributed by atoms with Crippen molar-refractivity contribution in [2.24, 2.45) is 0 Å². The molecule has 13 heavy (non-hydrogen) atoms. The van der Waals surface area contributed by atoms with E-state index < -0.39 is 5.60 Å². The fraction of sp³-hybridized carbons (Fsp3) is 0.727. The maximum atomic E-state index is 10.9. The maximum absolute atomic E-state index is 10.9. The summed E-state index contributed by atoms with van der Waals surface area (Å²) in [5, 5.41) is 0. The summed E-state index contributed by atoms with van der Waals surface area (Å²) in [5.74, 6) is 0. The molecule has 1 aliphatic rings. The smallest absolute Gasteiger partial charge is 0.152 e. The molecule has 2 heteroatoms. The highest BCUT2D eigenvalue weighted by Gasteiger charge is 2.31. The molecular formula is C11H18O2. The molecule has 0 spiro atoms. The second kappa shape index (κ2) is 4.56. The SMILES string of the molecule is CC(C)=CCC1(C=O)CCCCO1. The summed E-state index contributed by atoms with van der Waals surface area (Å²) < 4.78 is 5.55. The van der Waals surface area contributed by atoms with E-state index in [1.54, 1.807) is 0 Å². The van der Waals surface area contributed by atoms with E-state index in [0.29, 0.717) is 0 Å². The predicted octanol–water partition coefficient (Wildman–Crippen LogP) is 2.48. The summed E-state index contributed by atoms with van der Waals surface area (Å²) in [6.45, 7) is 4.82. The monoisotopic (exact) mass is 182 g/mol. The van der Waals surface area contributed by atoms with Crippen molar-refractivity contribution in [3.8, 4) is 0 Å². The fourth-order valence-electron chi connectivity index (χ4n) is 1.55. The molecule has 1 rings (SSSR count). The molecule has 1 fully saturated rings. The number of carbonyl (C=O) groups excluding carboxylic acids is 1. The van der Waals surface area contributed by atoms with Gasteiger partial charge in [-0.3, -0.25) is 0 Å². The first-order valence-corrected chi connectivity index (χ1v) is 4.92. The van der Waals surface area contributed by atoms with Crippen LogP contribution in [-0.2, 0) is 9.53 Å². The number of rotatable bonds is 3. The normalized spacial score (nSPS) is 28.2. The van der Waals surface area contributed by atoms with Crippen molar-refractivity contribution in [1.82, 2.24) is 0 Å². The minimum Gasteiger partial charge on any atom is -0.367 e. The molecule has 0 bridgehead atoms. The van der Waals surface area contributed by atoms with Gasteiger partial charge in [0.25, 0.3) is 0 Å². The van der Waals surface area contributed by atoms with Crippen LogP contribution in [0.1, 0.15) is 39.5 Å². The van der Waals surface area contributed by atoms with Gasteiger partial charge >= 0.3 is 0 Å². The van der Waals surface area contributed by atoms with Crippen LogP contribution in [0.2, 0.25) is 0 Å². The molecule has 1 atom stereocenters. The number of carbonyl (C=O) groups is 1. The van der Waals surface area contributed by atoms with E-state index in [1.807, 2.05) is 13.8 Å². The van der Waals surface area contributed by atoms with E-state index in [1.165, 1.54) is 5.57 Å². The topological polar surface area (TPSA) is 26.3 Å². The molecule has 0 aromatic rings. The molecule has 0 aromatic heterocycles. The predicted molar refractivity (Wildman–Crippen MR) is 52.6 cm³/mol. The molecule has 1 unspecified atom stereocenters. The van der Waals surface area contributed by atoms with Gasteiger partial charge in [-0.15, -0.1) is 0 Å². The van der Waals surface area contributed by atoms with Gasteiger partial charge in [0.15, 0.2) is 6.29 Å². The molecule has 0 radical (unpaired) electrons. The van der Waals surface area contributed by atoms with Crippen LogP contribution in [-0.4, -0.2) is 18.5 Å². The third kappa shape index (κ3) is 2.96. The maximum Gasteiger partial charge on any atom is 0.152 e. The van der Waals surface area contributed by atoms with Crippen molar-refractivity contribution >= 4 is 6.29 Å². The second-order valence-corrected chi connectivity index (χ2v) is 3.97. The lowest BCUT2D eigenvalue weighted by Crippen LogP contribution is -2.37. The average Bonchev–Trinajstić information content (AvgIpc) is 2.16. The van der Waals surface area contributed by atoms with E-state index >= 15 is 0 Å². The molecule has 0 N–H and O–H groups in total. The van der Waals surface area contributed by atoms with Crippen LogP contribution in [0.15, 0.2) is 11.6 Å². The fourth-order valence-corrected chi connectivity index (χ4v) is 1.55. The van der Waals surface area contributed by atoms with Crippen molar-refractivity contribution in [2.75, 3.05) is 6.61 Å². The highest BCUT2D eigenvalue weighted by atomic mass is 16.5. The molecule has 1 aliphatic heterocycles. The number of hydrogen-bond donors (Lipinski definition) is 0. The van der Waals surface area contributed by atoms with Gasteiger partial charge in [0, 0.05) is 13.0 Å². The van der Waals surface area contributed by atoms with Crippen LogP contribution in [0.5, 0.6) is 0 Å². The van der Waals surface area contributed by atoms with Crippen molar-refractivity contribution in [1.29, 1.82) is 0 Å². The number of aldehydes is 1. The minimum atomic E-state index is -0.504. The lowest BCUT2D eigenvalue weighted by atomic mass is 9.91. The second-order valence-electron chi connectivity index (χ2n) is 3.97. The number of allylic oxidation sites excluding steroid dienone is 1. The summed E-state index contributed by atoms with van der Waals surface area (Å²) in [6.07, 6.45) is 6.87. The zero-order valence-electron chi connectivity index (χ0n) is 8.51. The highest BCUT2D eigenvalue weighted by Crippen LogP contribution is 2.27. The molecular weight excluding hydrogens is 164 g/mol. The zero-order chi connectivity index (χ0) is 9.73. The number of ether oxygens (including phenoxy) is 1. The first-order chi connectivity index (χ1) is 6.18. The average molecular weight is 182 g/mol. The van der Waals surface area contributed by atoms with Gasteiger partial charge in [-0.1, -0.05) is 11.6 Å². The van der Waals surface area contributed by atoms with Crippen LogP contribution in [0, 0.1) is 0 Å². The number of hydrogen-bond acceptors (Lipinski definition) is 2. The molecule has 0 amide bonds. The van der Waals surface area contributed by atoms with E-state index in [4.69, 9.17) is 4.74 Å². The molecule has 1 saturated heterocycles. The Labute approximate surface area is 80.0 Å². The Kier molecular flexibility index (Phi) is 3.67. The third-order valence-electron chi connectivity index (χ3n) is 2.45. The summed E-state index contributed by atoms with van der Waals surface area (Å²) >= 11 is 0. The van der Waals surface area contributed by atoms with Crippen LogP contribution in [0.25, 0.3) is 0 Å². The van der Waals surface area contributed by atoms with Gasteiger partial charge in [-0.2, -0.15) is 0 Å². The van der Waals surface area contributed by atoms with Gasteiger partial charge in [-0.25, -0.2) is 0 Å². The third-order valence-corrected chi connectivity index (χ3v) is 2.45. The highest BCUT2D eigenvalue weighted by molar-refractivity contribution is 5.63. The van der Waals surface area contributed by atoms with Crippen molar-refractivity contribution < 1.29 is 9.53 Å². The van der Waals surface area contributed by atoms with Crippen LogP contribution < -0.4 is 0 Å². The molecule has 2 nitrogen and oxygen atoms in total. The summed E-state index contributed by atoms with van der Waals surface area (Å²) in [6, 6.07) is 0. The molecule has 0 aromatic carbocycles. The van der Waals surface area contributed by atoms with E-state index in [-0.39, 0.29) is 0 Å². The molecule has 1 heterocycles. The zero-order valence-corrected chi connectivity index (χ0v) is 8.51. The summed E-state index contributed by atoms with van der Waals surface area (Å²) in [5.41, 5.74) is 0.741. The summed E-state index contributed by atoms with van der Waals surface area (Å²) in [7, 11) is 0. The first kappa shape index (κ1) is 10.5. The van der Waals surface area contributed by atoms with Crippen molar-refractivity contribution in [3.63, 3.8) is 0 Å². The van der Waals surface area contributed by atoms with Gasteiger partial charge in [0.2, 0.25) is 0 Å². The van der Waals surface area contributed by atoms with Gasteiger partial charge in [-0.05, 0) is 33.1 Å². The Balaban J connectivity index is 2.57. The Morgan fingerprint density at radius 2 is 2.23 bits per heavy atom. The van der Waals surface area contributed by atoms with E-state index in [0.717, 1.165) is 38.6 Å². The minimum absolute atomic E-state index is 0.504. The standard InChI is InChI=1S/C11H18O2/c1-10(2)5-7-11(9-12)6-3-4-8-13-11/h5,9H,3-4,6-8H2,1-2H3. The molecule has 0 aliphatic carbocycles. The quantitative estimate of drug-likeness (QED) is 0.495. The summed E-state index contributed by atoms with van der Waals surface area (Å²) in [4.78, 5) is 10.9. The lowest BCUT2D eigenvalue weighted by molar-refractivity contribution is -0.137. The van der Waals surface area contributed by atoms with Crippen LogP contribution in [0.3, 0.4) is 0 Å². The van der Waals surface area contributed by atoms with Gasteiger partial charge in [0.05, 0.1) is 0 Å². The largest absolute Gasteiger partial charge is 0.367 e. The van der Waals surface area contributed by atoms with Crippen LogP contribution >= 0.6 is 0 Å². The Morgan fingerprint density at radius 1 is 1.46 bits per heavy atom. The Bertz CT molecular complexity index is 196. The van der Waals surface area contributed by atoms with E-state index in [9.17, 15) is 4.79 Å². The van der Waals surface area contributed by atoms with Crippen molar-refractivity contribution in [3.05, 3.63) is 11.6 Å². The van der Waals surface area contributed by atoms with Crippen LogP contribution in [0.4, 0.5) is 0 Å². The Hall–Kier alpha value is -0.630. The van der Waals surface area contributed by atoms with Gasteiger partial charge < -0.3 is 9.53 Å². The first-order valence-electron chi connectivity index (χ1n) is 4.92. The lowest BCUT2D eigenvalue weighted by Gasteiger charge is -2.31. The Morgan fingerprint density at radius 3 is 2.69 bits per heavy atom. The molecule has 74 valence electrons. The van der Waals surface area contributed by atoms with Crippen molar-refractivity contribution in [2.45, 2.75) is 45.1 Å². The van der Waals surface area contributed by atoms with E-state index in [2.05, 4.69) is 6.08 Å². The van der Waals surface area contributed by atoms with Gasteiger partial charge in [0.1, 0.15) is 5.60 Å². The molecule has 0 saturated carbocycles.